The third-order valence-electron chi connectivity index (χ3n) is 3.21. The molecule has 17 heavy (non-hydrogen) atoms. The number of amides is 2. The first kappa shape index (κ1) is 13.6. The third kappa shape index (κ3) is 3.48. The number of rotatable bonds is 3. The first-order valence-corrected chi connectivity index (χ1v) is 5.95. The molecule has 0 saturated heterocycles. The molecule has 0 aliphatic heterocycles. The molecule has 1 rings (SSSR count). The zero-order chi connectivity index (χ0) is 13.1. The van der Waals surface area contributed by atoms with Crippen LogP contribution in [-0.4, -0.2) is 25.0 Å². The predicted molar refractivity (Wildman–Crippen MR) is 72.5 cm³/mol. The molecule has 0 radical (unpaired) electrons. The third-order valence-corrected chi connectivity index (χ3v) is 3.21. The van der Waals surface area contributed by atoms with E-state index in [4.69, 9.17) is 0 Å². The number of nitrogens with one attached hydrogen (secondary N) is 1. The van der Waals surface area contributed by atoms with E-state index < -0.39 is 0 Å². The fourth-order valence-corrected chi connectivity index (χ4v) is 1.44. The van der Waals surface area contributed by atoms with Gasteiger partial charge in [-0.2, -0.15) is 0 Å². The minimum atomic E-state index is -0.104. The molecule has 3 nitrogen and oxygen atoms in total. The molecular formula is C14H22N2O. The number of carbonyl (C=O) groups is 1. The van der Waals surface area contributed by atoms with Gasteiger partial charge in [-0.3, -0.25) is 0 Å². The van der Waals surface area contributed by atoms with Crippen molar-refractivity contribution in [3.05, 3.63) is 29.8 Å². The standard InChI is InChI=1S/C14H22N2O/c1-6-14(2,3)11-7-9-12(10-8-11)15-13(17)16(4)5/h7-10H,6H2,1-5H3,(H,15,17). The van der Waals surface area contributed by atoms with Crippen LogP contribution >= 0.6 is 0 Å². The van der Waals surface area contributed by atoms with Gasteiger partial charge in [-0.15, -0.1) is 0 Å². The van der Waals surface area contributed by atoms with Gasteiger partial charge in [-0.05, 0) is 29.5 Å². The van der Waals surface area contributed by atoms with Crippen molar-refractivity contribution >= 4 is 11.7 Å². The fourth-order valence-electron chi connectivity index (χ4n) is 1.44. The van der Waals surface area contributed by atoms with Gasteiger partial charge in [-0.1, -0.05) is 32.9 Å². The molecular weight excluding hydrogens is 212 g/mol. The zero-order valence-electron chi connectivity index (χ0n) is 11.4. The van der Waals surface area contributed by atoms with Gasteiger partial charge in [0, 0.05) is 19.8 Å². The summed E-state index contributed by atoms with van der Waals surface area (Å²) in [4.78, 5) is 13.0. The second kappa shape index (κ2) is 5.21. The number of nitrogens with zero attached hydrogens (tertiary/aromatic N) is 1. The van der Waals surface area contributed by atoms with E-state index >= 15 is 0 Å². The highest BCUT2D eigenvalue weighted by Gasteiger charge is 2.17. The molecule has 0 aliphatic rings. The van der Waals surface area contributed by atoms with Crippen LogP contribution in [-0.2, 0) is 5.41 Å². The molecule has 0 atom stereocenters. The van der Waals surface area contributed by atoms with Crippen LogP contribution in [0, 0.1) is 0 Å². The Bertz CT molecular complexity index is 380. The molecule has 2 amide bonds. The van der Waals surface area contributed by atoms with Crippen molar-refractivity contribution in [2.24, 2.45) is 0 Å². The lowest BCUT2D eigenvalue weighted by Crippen LogP contribution is -2.27. The van der Waals surface area contributed by atoms with Gasteiger partial charge in [0.25, 0.3) is 0 Å². The average Bonchev–Trinajstić information content (AvgIpc) is 2.29. The normalized spacial score (nSPS) is 11.1. The Morgan fingerprint density at radius 3 is 2.18 bits per heavy atom. The van der Waals surface area contributed by atoms with Gasteiger partial charge >= 0.3 is 6.03 Å². The van der Waals surface area contributed by atoms with Crippen LogP contribution in [0.15, 0.2) is 24.3 Å². The molecule has 1 aromatic carbocycles. The summed E-state index contributed by atoms with van der Waals surface area (Å²) in [5.74, 6) is 0. The van der Waals surface area contributed by atoms with Crippen molar-refractivity contribution in [1.82, 2.24) is 4.90 Å². The van der Waals surface area contributed by atoms with Crippen LogP contribution in [0.4, 0.5) is 10.5 Å². The molecule has 1 N–H and O–H groups in total. The number of hydrogen-bond donors (Lipinski definition) is 1. The minimum Gasteiger partial charge on any atom is -0.331 e. The number of carbonyl (C=O) groups excluding carboxylic acids is 1. The maximum atomic E-state index is 11.5. The van der Waals surface area contributed by atoms with Crippen LogP contribution in [0.25, 0.3) is 0 Å². The Morgan fingerprint density at radius 1 is 1.24 bits per heavy atom. The Morgan fingerprint density at radius 2 is 1.76 bits per heavy atom. The number of urea groups is 1. The van der Waals surface area contributed by atoms with Gasteiger partial charge in [0.1, 0.15) is 0 Å². The van der Waals surface area contributed by atoms with Crippen LogP contribution in [0.3, 0.4) is 0 Å². The Labute approximate surface area is 104 Å². The van der Waals surface area contributed by atoms with E-state index in [0.717, 1.165) is 12.1 Å². The molecule has 0 unspecified atom stereocenters. The first-order chi connectivity index (χ1) is 7.86. The van der Waals surface area contributed by atoms with Crippen molar-refractivity contribution in [2.75, 3.05) is 19.4 Å². The summed E-state index contributed by atoms with van der Waals surface area (Å²) in [6.45, 7) is 6.63. The lowest BCUT2D eigenvalue weighted by Gasteiger charge is -2.23. The van der Waals surface area contributed by atoms with E-state index in [1.54, 1.807) is 14.1 Å². The Hall–Kier alpha value is -1.51. The predicted octanol–water partition coefficient (Wildman–Crippen LogP) is 3.47. The van der Waals surface area contributed by atoms with Crippen LogP contribution in [0.5, 0.6) is 0 Å². The van der Waals surface area contributed by atoms with Crippen molar-refractivity contribution in [2.45, 2.75) is 32.6 Å². The summed E-state index contributed by atoms with van der Waals surface area (Å²) < 4.78 is 0. The smallest absolute Gasteiger partial charge is 0.321 e. The largest absolute Gasteiger partial charge is 0.331 e. The van der Waals surface area contributed by atoms with Crippen molar-refractivity contribution in [1.29, 1.82) is 0 Å². The molecule has 0 aromatic heterocycles. The summed E-state index contributed by atoms with van der Waals surface area (Å²) in [7, 11) is 3.45. The highest BCUT2D eigenvalue weighted by Crippen LogP contribution is 2.27. The first-order valence-electron chi connectivity index (χ1n) is 5.95. The number of hydrogen-bond acceptors (Lipinski definition) is 1. The summed E-state index contributed by atoms with van der Waals surface area (Å²) in [5.41, 5.74) is 2.31. The van der Waals surface area contributed by atoms with Gasteiger partial charge in [0.15, 0.2) is 0 Å². The maximum absolute atomic E-state index is 11.5. The quantitative estimate of drug-likeness (QED) is 0.853. The van der Waals surface area contributed by atoms with Gasteiger partial charge in [0.2, 0.25) is 0 Å². The van der Waals surface area contributed by atoms with E-state index in [1.807, 2.05) is 12.1 Å². The number of anilines is 1. The second-order valence-electron chi connectivity index (χ2n) is 5.14. The lowest BCUT2D eigenvalue weighted by molar-refractivity contribution is 0.230. The van der Waals surface area contributed by atoms with E-state index in [-0.39, 0.29) is 11.4 Å². The Balaban J connectivity index is 2.79. The topological polar surface area (TPSA) is 32.3 Å². The van der Waals surface area contributed by atoms with E-state index in [9.17, 15) is 4.79 Å². The van der Waals surface area contributed by atoms with E-state index in [0.29, 0.717) is 0 Å². The van der Waals surface area contributed by atoms with Gasteiger partial charge in [0.05, 0.1) is 0 Å². The molecule has 0 aliphatic carbocycles. The molecule has 1 aromatic rings. The van der Waals surface area contributed by atoms with Crippen LogP contribution in [0.1, 0.15) is 32.8 Å². The number of benzene rings is 1. The summed E-state index contributed by atoms with van der Waals surface area (Å²) in [6, 6.07) is 7.96. The fraction of sp³-hybridized carbons (Fsp3) is 0.500. The maximum Gasteiger partial charge on any atom is 0.321 e. The summed E-state index contributed by atoms with van der Waals surface area (Å²) in [6.07, 6.45) is 1.09. The van der Waals surface area contributed by atoms with E-state index in [2.05, 4.69) is 38.2 Å². The zero-order valence-corrected chi connectivity index (χ0v) is 11.4. The van der Waals surface area contributed by atoms with Crippen LogP contribution in [0.2, 0.25) is 0 Å². The molecule has 0 fully saturated rings. The lowest BCUT2D eigenvalue weighted by atomic mass is 9.82. The molecule has 0 saturated carbocycles. The highest BCUT2D eigenvalue weighted by molar-refractivity contribution is 5.88. The molecule has 0 spiro atoms. The van der Waals surface area contributed by atoms with Gasteiger partial charge in [-0.25, -0.2) is 4.79 Å². The van der Waals surface area contributed by atoms with Crippen molar-refractivity contribution in [3.63, 3.8) is 0 Å². The van der Waals surface area contributed by atoms with E-state index in [1.165, 1.54) is 10.5 Å². The molecule has 94 valence electrons. The molecule has 0 heterocycles. The van der Waals surface area contributed by atoms with Crippen LogP contribution < -0.4 is 5.32 Å². The van der Waals surface area contributed by atoms with Gasteiger partial charge < -0.3 is 10.2 Å². The molecule has 3 heteroatoms. The SMILES string of the molecule is CCC(C)(C)c1ccc(NC(=O)N(C)C)cc1. The average molecular weight is 234 g/mol. The monoisotopic (exact) mass is 234 g/mol. The van der Waals surface area contributed by atoms with Crippen molar-refractivity contribution < 1.29 is 4.79 Å². The second-order valence-corrected chi connectivity index (χ2v) is 5.14. The molecule has 0 bridgehead atoms. The minimum absolute atomic E-state index is 0.104. The highest BCUT2D eigenvalue weighted by atomic mass is 16.2. The Kier molecular flexibility index (Phi) is 4.16. The van der Waals surface area contributed by atoms with Crippen molar-refractivity contribution in [3.8, 4) is 0 Å². The summed E-state index contributed by atoms with van der Waals surface area (Å²) >= 11 is 0. The summed E-state index contributed by atoms with van der Waals surface area (Å²) in [5, 5.41) is 2.83.